The van der Waals surface area contributed by atoms with Crippen molar-refractivity contribution in [2.24, 2.45) is 0 Å². The SMILES string of the molecule is O=C(COC(=O)c1c2c(nc3ccccc13)/C(=C/c1ccco1)CC2)c1cccs1. The number of benzene rings is 1. The monoisotopic (exact) mass is 415 g/mol. The van der Waals surface area contributed by atoms with E-state index in [0.29, 0.717) is 16.9 Å². The van der Waals surface area contributed by atoms with Gasteiger partial charge in [0.05, 0.1) is 27.9 Å². The lowest BCUT2D eigenvalue weighted by Crippen LogP contribution is -2.15. The molecule has 6 heteroatoms. The largest absolute Gasteiger partial charge is 0.465 e. The number of pyridine rings is 1. The summed E-state index contributed by atoms with van der Waals surface area (Å²) in [5, 5.41) is 2.56. The van der Waals surface area contributed by atoms with Crippen molar-refractivity contribution in [3.05, 3.63) is 87.6 Å². The normalized spacial score (nSPS) is 14.2. The molecule has 5 nitrogen and oxygen atoms in total. The van der Waals surface area contributed by atoms with Gasteiger partial charge in [0.1, 0.15) is 5.76 Å². The van der Waals surface area contributed by atoms with Crippen LogP contribution in [0.1, 0.15) is 43.5 Å². The highest BCUT2D eigenvalue weighted by molar-refractivity contribution is 7.12. The van der Waals surface area contributed by atoms with Gasteiger partial charge in [-0.15, -0.1) is 11.3 Å². The Morgan fingerprint density at radius 3 is 2.80 bits per heavy atom. The molecule has 148 valence electrons. The summed E-state index contributed by atoms with van der Waals surface area (Å²) in [5.41, 5.74) is 3.90. The van der Waals surface area contributed by atoms with Crippen molar-refractivity contribution in [3.63, 3.8) is 0 Å². The highest BCUT2D eigenvalue weighted by atomic mass is 32.1. The standard InChI is InChI=1S/C24H17NO4S/c26-20(21-8-4-12-30-21)14-29-24(27)22-17-6-1-2-7-19(17)25-23-15(9-10-18(22)23)13-16-5-3-11-28-16/h1-8,11-13H,9-10,14H2/b15-13+. The molecule has 0 atom stereocenters. The lowest BCUT2D eigenvalue weighted by molar-refractivity contribution is 0.0476. The summed E-state index contributed by atoms with van der Waals surface area (Å²) < 4.78 is 10.9. The maximum atomic E-state index is 13.1. The lowest BCUT2D eigenvalue weighted by atomic mass is 10.0. The number of esters is 1. The van der Waals surface area contributed by atoms with Crippen molar-refractivity contribution in [1.29, 1.82) is 0 Å². The first kappa shape index (κ1) is 18.5. The highest BCUT2D eigenvalue weighted by Gasteiger charge is 2.28. The van der Waals surface area contributed by atoms with E-state index in [9.17, 15) is 9.59 Å². The van der Waals surface area contributed by atoms with Crippen molar-refractivity contribution < 1.29 is 18.7 Å². The van der Waals surface area contributed by atoms with E-state index >= 15 is 0 Å². The van der Waals surface area contributed by atoms with Gasteiger partial charge >= 0.3 is 5.97 Å². The quantitative estimate of drug-likeness (QED) is 0.322. The van der Waals surface area contributed by atoms with E-state index in [4.69, 9.17) is 14.1 Å². The number of hydrogen-bond donors (Lipinski definition) is 0. The number of furan rings is 1. The predicted molar refractivity (Wildman–Crippen MR) is 116 cm³/mol. The summed E-state index contributed by atoms with van der Waals surface area (Å²) in [5.74, 6) is 0.0549. The van der Waals surface area contributed by atoms with E-state index < -0.39 is 5.97 Å². The topological polar surface area (TPSA) is 69.4 Å². The van der Waals surface area contributed by atoms with Crippen molar-refractivity contribution in [3.8, 4) is 0 Å². The number of fused-ring (bicyclic) bond motifs is 2. The molecule has 3 heterocycles. The molecule has 0 fully saturated rings. The zero-order valence-electron chi connectivity index (χ0n) is 16.0. The van der Waals surface area contributed by atoms with Crippen LogP contribution < -0.4 is 0 Å². The zero-order valence-corrected chi connectivity index (χ0v) is 16.8. The number of hydrogen-bond acceptors (Lipinski definition) is 6. The van der Waals surface area contributed by atoms with Gasteiger partial charge in [0, 0.05) is 5.39 Å². The average molecular weight is 415 g/mol. The molecule has 0 bridgehead atoms. The zero-order chi connectivity index (χ0) is 20.5. The third-order valence-corrected chi connectivity index (χ3v) is 6.05. The number of allylic oxidation sites excluding steroid dienone is 1. The van der Waals surface area contributed by atoms with Crippen LogP contribution in [-0.4, -0.2) is 23.3 Å². The van der Waals surface area contributed by atoms with Crippen LogP contribution in [-0.2, 0) is 11.2 Å². The Bertz CT molecular complexity index is 1270. The second kappa shape index (κ2) is 7.72. The molecule has 1 aromatic carbocycles. The second-order valence-electron chi connectivity index (χ2n) is 6.99. The molecule has 30 heavy (non-hydrogen) atoms. The molecule has 0 N–H and O–H groups in total. The van der Waals surface area contributed by atoms with Crippen LogP contribution >= 0.6 is 11.3 Å². The van der Waals surface area contributed by atoms with E-state index in [1.165, 1.54) is 11.3 Å². The number of carbonyl (C=O) groups is 2. The van der Waals surface area contributed by atoms with Crippen LogP contribution in [0.2, 0.25) is 0 Å². The maximum Gasteiger partial charge on any atom is 0.339 e. The van der Waals surface area contributed by atoms with Gasteiger partial charge in [-0.1, -0.05) is 24.3 Å². The number of thiophene rings is 1. The molecule has 0 unspecified atom stereocenters. The van der Waals surface area contributed by atoms with Crippen LogP contribution in [0.25, 0.3) is 22.6 Å². The Hall–Kier alpha value is -3.51. The number of para-hydroxylation sites is 1. The van der Waals surface area contributed by atoms with Gasteiger partial charge in [-0.05, 0) is 59.7 Å². The number of Topliss-reactive ketones (excluding diaryl/α,β-unsaturated/α-hetero) is 1. The summed E-state index contributed by atoms with van der Waals surface area (Å²) >= 11 is 1.34. The van der Waals surface area contributed by atoms with E-state index in [1.807, 2.05) is 47.9 Å². The van der Waals surface area contributed by atoms with Crippen LogP contribution in [0, 0.1) is 0 Å². The molecule has 0 amide bonds. The summed E-state index contributed by atoms with van der Waals surface area (Å²) in [6, 6.07) is 14.8. The Kier molecular flexibility index (Phi) is 4.77. The fraction of sp³-hybridized carbons (Fsp3) is 0.125. The average Bonchev–Trinajstić information content (AvgIpc) is 3.53. The minimum Gasteiger partial charge on any atom is -0.465 e. The predicted octanol–water partition coefficient (Wildman–Crippen LogP) is 5.42. The molecular formula is C24H17NO4S. The molecule has 0 aliphatic heterocycles. The van der Waals surface area contributed by atoms with Crippen LogP contribution in [0.5, 0.6) is 0 Å². The van der Waals surface area contributed by atoms with E-state index in [0.717, 1.165) is 39.9 Å². The first-order chi connectivity index (χ1) is 14.7. The number of rotatable bonds is 5. The number of nitrogens with zero attached hydrogens (tertiary/aromatic N) is 1. The Labute approximate surface area is 176 Å². The second-order valence-corrected chi connectivity index (χ2v) is 7.94. The first-order valence-electron chi connectivity index (χ1n) is 9.60. The first-order valence-corrected chi connectivity index (χ1v) is 10.5. The number of aromatic nitrogens is 1. The molecule has 4 aromatic rings. The minimum atomic E-state index is -0.492. The fourth-order valence-corrected chi connectivity index (χ4v) is 4.42. The van der Waals surface area contributed by atoms with Gasteiger partial charge in [0.25, 0.3) is 0 Å². The van der Waals surface area contributed by atoms with E-state index in [2.05, 4.69) is 0 Å². The van der Waals surface area contributed by atoms with E-state index in [-0.39, 0.29) is 12.4 Å². The fourth-order valence-electron chi connectivity index (χ4n) is 3.77. The molecular weight excluding hydrogens is 398 g/mol. The molecule has 0 radical (unpaired) electrons. The Morgan fingerprint density at radius 1 is 1.10 bits per heavy atom. The number of carbonyl (C=O) groups excluding carboxylic acids is 2. The van der Waals surface area contributed by atoms with Crippen LogP contribution in [0.4, 0.5) is 0 Å². The van der Waals surface area contributed by atoms with Crippen molar-refractivity contribution >= 4 is 45.6 Å². The van der Waals surface area contributed by atoms with Crippen LogP contribution in [0.15, 0.2) is 64.6 Å². The molecule has 0 spiro atoms. The maximum absolute atomic E-state index is 13.1. The highest BCUT2D eigenvalue weighted by Crippen LogP contribution is 2.37. The number of ether oxygens (including phenoxy) is 1. The summed E-state index contributed by atoms with van der Waals surface area (Å²) in [6.07, 6.45) is 5.03. The molecule has 1 aliphatic rings. The third kappa shape index (κ3) is 3.35. The van der Waals surface area contributed by atoms with Crippen LogP contribution in [0.3, 0.4) is 0 Å². The number of ketones is 1. The lowest BCUT2D eigenvalue weighted by Gasteiger charge is -2.12. The molecule has 0 saturated carbocycles. The summed E-state index contributed by atoms with van der Waals surface area (Å²) in [6.45, 7) is -0.278. The Balaban J connectivity index is 1.53. The molecule has 3 aromatic heterocycles. The van der Waals surface area contributed by atoms with Gasteiger partial charge in [0.15, 0.2) is 6.61 Å². The van der Waals surface area contributed by atoms with Crippen molar-refractivity contribution in [2.45, 2.75) is 12.8 Å². The molecule has 5 rings (SSSR count). The van der Waals surface area contributed by atoms with E-state index in [1.54, 1.807) is 18.4 Å². The summed E-state index contributed by atoms with van der Waals surface area (Å²) in [7, 11) is 0. The van der Waals surface area contributed by atoms with Gasteiger partial charge in [-0.25, -0.2) is 9.78 Å². The molecule has 0 saturated heterocycles. The van der Waals surface area contributed by atoms with Gasteiger partial charge in [0.2, 0.25) is 5.78 Å². The summed E-state index contributed by atoms with van der Waals surface area (Å²) in [4.78, 5) is 30.7. The van der Waals surface area contributed by atoms with Gasteiger partial charge in [-0.2, -0.15) is 0 Å². The van der Waals surface area contributed by atoms with Gasteiger partial charge in [-0.3, -0.25) is 4.79 Å². The van der Waals surface area contributed by atoms with Crippen molar-refractivity contribution in [1.82, 2.24) is 4.98 Å². The van der Waals surface area contributed by atoms with Crippen molar-refractivity contribution in [2.75, 3.05) is 6.61 Å². The minimum absolute atomic E-state index is 0.202. The Morgan fingerprint density at radius 2 is 2.00 bits per heavy atom. The van der Waals surface area contributed by atoms with Gasteiger partial charge < -0.3 is 9.15 Å². The molecule has 1 aliphatic carbocycles. The smallest absolute Gasteiger partial charge is 0.339 e. The third-order valence-electron chi connectivity index (χ3n) is 5.14.